The lowest BCUT2D eigenvalue weighted by molar-refractivity contribution is -0.143. The molecule has 112 valence electrons. The molecule has 1 aromatic heterocycles. The molecule has 0 aromatic carbocycles. The van der Waals surface area contributed by atoms with Crippen LogP contribution in [0.5, 0.6) is 0 Å². The highest BCUT2D eigenvalue weighted by Crippen LogP contribution is 2.29. The Labute approximate surface area is 118 Å². The van der Waals surface area contributed by atoms with Gasteiger partial charge in [-0.1, -0.05) is 6.92 Å². The maximum atomic E-state index is 12.6. The van der Waals surface area contributed by atoms with Gasteiger partial charge in [-0.2, -0.15) is 4.31 Å². The molecule has 0 saturated carbocycles. The summed E-state index contributed by atoms with van der Waals surface area (Å²) in [6.45, 7) is 5.51. The predicted molar refractivity (Wildman–Crippen MR) is 71.8 cm³/mol. The van der Waals surface area contributed by atoms with Crippen molar-refractivity contribution >= 4 is 16.0 Å². The van der Waals surface area contributed by atoms with Gasteiger partial charge in [0, 0.05) is 13.1 Å². The highest BCUT2D eigenvalue weighted by Gasteiger charge is 2.37. The number of carboxylic acid groups (broad SMARTS) is 1. The van der Waals surface area contributed by atoms with E-state index >= 15 is 0 Å². The lowest BCUT2D eigenvalue weighted by Crippen LogP contribution is -2.45. The predicted octanol–water partition coefficient (Wildman–Crippen LogP) is 1.63. The summed E-state index contributed by atoms with van der Waals surface area (Å²) in [5.41, 5.74) is 0. The molecule has 0 amide bonds. The number of aliphatic carboxylic acids is 1. The number of nitrogens with zero attached hydrogens (tertiary/aromatic N) is 1. The van der Waals surface area contributed by atoms with Crippen LogP contribution in [0.3, 0.4) is 0 Å². The number of sulfonamides is 1. The molecule has 1 saturated heterocycles. The minimum absolute atomic E-state index is 0.0195. The highest BCUT2D eigenvalue weighted by molar-refractivity contribution is 7.89. The molecule has 2 rings (SSSR count). The van der Waals surface area contributed by atoms with E-state index in [-0.39, 0.29) is 17.4 Å². The van der Waals surface area contributed by atoms with E-state index in [4.69, 9.17) is 9.52 Å². The van der Waals surface area contributed by atoms with E-state index in [1.165, 1.54) is 10.4 Å². The Kier molecular flexibility index (Phi) is 3.93. The zero-order valence-electron chi connectivity index (χ0n) is 11.8. The number of carbonyl (C=O) groups is 1. The maximum Gasteiger partial charge on any atom is 0.307 e. The van der Waals surface area contributed by atoms with Crippen LogP contribution in [0.25, 0.3) is 0 Å². The van der Waals surface area contributed by atoms with Gasteiger partial charge >= 0.3 is 5.97 Å². The van der Waals surface area contributed by atoms with Crippen LogP contribution in [0, 0.1) is 25.7 Å². The first kappa shape index (κ1) is 15.1. The van der Waals surface area contributed by atoms with Crippen molar-refractivity contribution in [3.8, 4) is 0 Å². The zero-order valence-corrected chi connectivity index (χ0v) is 12.6. The van der Waals surface area contributed by atoms with Crippen LogP contribution < -0.4 is 0 Å². The molecule has 0 bridgehead atoms. The average molecular weight is 301 g/mol. The van der Waals surface area contributed by atoms with Crippen LogP contribution in [-0.2, 0) is 14.8 Å². The molecular weight excluding hydrogens is 282 g/mol. The van der Waals surface area contributed by atoms with Gasteiger partial charge in [-0.05, 0) is 32.3 Å². The minimum atomic E-state index is -3.69. The van der Waals surface area contributed by atoms with Gasteiger partial charge in [-0.15, -0.1) is 0 Å². The van der Waals surface area contributed by atoms with Crippen molar-refractivity contribution in [1.82, 2.24) is 4.31 Å². The van der Waals surface area contributed by atoms with Gasteiger partial charge < -0.3 is 9.52 Å². The second-order valence-electron chi connectivity index (χ2n) is 5.48. The van der Waals surface area contributed by atoms with E-state index in [9.17, 15) is 13.2 Å². The number of hydrogen-bond donors (Lipinski definition) is 1. The Morgan fingerprint density at radius 2 is 2.05 bits per heavy atom. The van der Waals surface area contributed by atoms with E-state index in [0.29, 0.717) is 24.5 Å². The summed E-state index contributed by atoms with van der Waals surface area (Å²) >= 11 is 0. The van der Waals surface area contributed by atoms with Crippen molar-refractivity contribution in [2.24, 2.45) is 11.8 Å². The fourth-order valence-electron chi connectivity index (χ4n) is 2.68. The molecule has 20 heavy (non-hydrogen) atoms. The number of hydrogen-bond acceptors (Lipinski definition) is 4. The second-order valence-corrected chi connectivity index (χ2v) is 7.38. The van der Waals surface area contributed by atoms with Crippen LogP contribution >= 0.6 is 0 Å². The molecule has 0 radical (unpaired) electrons. The first-order valence-electron chi connectivity index (χ1n) is 6.51. The molecule has 2 atom stereocenters. The van der Waals surface area contributed by atoms with Crippen molar-refractivity contribution in [3.05, 3.63) is 17.6 Å². The van der Waals surface area contributed by atoms with E-state index in [0.717, 1.165) is 0 Å². The molecule has 0 aliphatic carbocycles. The smallest absolute Gasteiger partial charge is 0.307 e. The monoisotopic (exact) mass is 301 g/mol. The average Bonchev–Trinajstić information content (AvgIpc) is 2.68. The molecule has 2 heterocycles. The van der Waals surface area contributed by atoms with Gasteiger partial charge in [-0.25, -0.2) is 8.42 Å². The van der Waals surface area contributed by atoms with Gasteiger partial charge in [0.1, 0.15) is 16.4 Å². The summed E-state index contributed by atoms with van der Waals surface area (Å²) in [6.07, 6.45) is 0.505. The van der Waals surface area contributed by atoms with Gasteiger partial charge in [0.25, 0.3) is 0 Å². The number of carboxylic acids is 1. The summed E-state index contributed by atoms with van der Waals surface area (Å²) in [5, 5.41) is 9.13. The zero-order chi connectivity index (χ0) is 15.1. The van der Waals surface area contributed by atoms with Gasteiger partial charge in [-0.3, -0.25) is 4.79 Å². The standard InChI is InChI=1S/C13H19NO5S/c1-8-4-11(13(15)16)7-14(6-8)20(17,18)12-5-9(2)19-10(12)3/h5,8,11H,4,6-7H2,1-3H3,(H,15,16). The Bertz CT molecular complexity index is 619. The Morgan fingerprint density at radius 3 is 2.55 bits per heavy atom. The highest BCUT2D eigenvalue weighted by atomic mass is 32.2. The van der Waals surface area contributed by atoms with E-state index in [1.807, 2.05) is 6.92 Å². The Hall–Kier alpha value is -1.34. The lowest BCUT2D eigenvalue weighted by Gasteiger charge is -2.33. The molecular formula is C13H19NO5S. The summed E-state index contributed by atoms with van der Waals surface area (Å²) in [5.74, 6) is -0.708. The third kappa shape index (κ3) is 2.73. The van der Waals surface area contributed by atoms with Crippen LogP contribution in [0.2, 0.25) is 0 Å². The minimum Gasteiger partial charge on any atom is -0.481 e. The van der Waals surface area contributed by atoms with Crippen molar-refractivity contribution in [2.45, 2.75) is 32.1 Å². The van der Waals surface area contributed by atoms with E-state index < -0.39 is 21.9 Å². The SMILES string of the molecule is Cc1cc(S(=O)(=O)N2CC(C)CC(C(=O)O)C2)c(C)o1. The van der Waals surface area contributed by atoms with Crippen molar-refractivity contribution < 1.29 is 22.7 Å². The van der Waals surface area contributed by atoms with Crippen molar-refractivity contribution in [2.75, 3.05) is 13.1 Å². The lowest BCUT2D eigenvalue weighted by atomic mass is 9.92. The summed E-state index contributed by atoms with van der Waals surface area (Å²) in [6, 6.07) is 1.49. The van der Waals surface area contributed by atoms with E-state index in [1.54, 1.807) is 13.8 Å². The maximum absolute atomic E-state index is 12.6. The summed E-state index contributed by atoms with van der Waals surface area (Å²) in [4.78, 5) is 11.3. The molecule has 1 aliphatic rings. The molecule has 1 aliphatic heterocycles. The second kappa shape index (κ2) is 5.21. The molecule has 7 heteroatoms. The van der Waals surface area contributed by atoms with Gasteiger partial charge in [0.2, 0.25) is 10.0 Å². The summed E-state index contributed by atoms with van der Waals surface area (Å²) in [7, 11) is -3.69. The quantitative estimate of drug-likeness (QED) is 0.916. The first-order chi connectivity index (χ1) is 9.21. The summed E-state index contributed by atoms with van der Waals surface area (Å²) < 4.78 is 31.7. The normalized spacial score (nSPS) is 24.8. The molecule has 2 unspecified atom stereocenters. The first-order valence-corrected chi connectivity index (χ1v) is 7.95. The van der Waals surface area contributed by atoms with Crippen molar-refractivity contribution in [1.29, 1.82) is 0 Å². The molecule has 1 aromatic rings. The Balaban J connectivity index is 2.34. The molecule has 0 spiro atoms. The number of furan rings is 1. The number of rotatable bonds is 3. The van der Waals surface area contributed by atoms with E-state index in [2.05, 4.69) is 0 Å². The third-order valence-corrected chi connectivity index (χ3v) is 5.53. The largest absolute Gasteiger partial charge is 0.481 e. The third-order valence-electron chi connectivity index (χ3n) is 3.59. The fourth-order valence-corrected chi connectivity index (χ4v) is 4.51. The molecule has 6 nitrogen and oxygen atoms in total. The van der Waals surface area contributed by atoms with Crippen LogP contribution in [0.15, 0.2) is 15.4 Å². The Morgan fingerprint density at radius 1 is 1.40 bits per heavy atom. The van der Waals surface area contributed by atoms with Crippen molar-refractivity contribution in [3.63, 3.8) is 0 Å². The fraction of sp³-hybridized carbons (Fsp3) is 0.615. The number of piperidine rings is 1. The van der Waals surface area contributed by atoms with Gasteiger partial charge in [0.15, 0.2) is 0 Å². The molecule has 1 fully saturated rings. The van der Waals surface area contributed by atoms with Crippen LogP contribution in [-0.4, -0.2) is 36.9 Å². The van der Waals surface area contributed by atoms with Crippen LogP contribution in [0.4, 0.5) is 0 Å². The van der Waals surface area contributed by atoms with Gasteiger partial charge in [0.05, 0.1) is 5.92 Å². The topological polar surface area (TPSA) is 87.8 Å². The molecule has 1 N–H and O–H groups in total. The van der Waals surface area contributed by atoms with Crippen LogP contribution in [0.1, 0.15) is 24.9 Å². The number of aryl methyl sites for hydroxylation is 2.